The molecule has 0 fully saturated rings. The molecule has 10 heteroatoms. The normalized spacial score (nSPS) is 10.6. The van der Waals surface area contributed by atoms with E-state index in [-0.39, 0.29) is 18.5 Å². The summed E-state index contributed by atoms with van der Waals surface area (Å²) in [4.78, 5) is 33.4. The number of carbonyl (C=O) groups is 2. The van der Waals surface area contributed by atoms with Crippen molar-refractivity contribution in [2.45, 2.75) is 6.42 Å². The van der Waals surface area contributed by atoms with Crippen LogP contribution in [-0.2, 0) is 4.79 Å². The number of nitro groups is 1. The van der Waals surface area contributed by atoms with Crippen LogP contribution < -0.4 is 10.7 Å². The first-order chi connectivity index (χ1) is 12.9. The Morgan fingerprint density at radius 2 is 2.00 bits per heavy atom. The highest BCUT2D eigenvalue weighted by Gasteiger charge is 2.13. The largest absolute Gasteiger partial charge is 0.502 e. The minimum absolute atomic E-state index is 0.0286. The lowest BCUT2D eigenvalue weighted by molar-refractivity contribution is -0.385. The highest BCUT2D eigenvalue weighted by molar-refractivity contribution is 5.94. The molecule has 0 saturated carbocycles. The second-order valence-corrected chi connectivity index (χ2v) is 5.28. The van der Waals surface area contributed by atoms with Crippen molar-refractivity contribution in [3.8, 4) is 5.75 Å². The van der Waals surface area contributed by atoms with E-state index in [1.54, 1.807) is 0 Å². The lowest BCUT2D eigenvalue weighted by Gasteiger charge is -2.05. The maximum atomic E-state index is 13.4. The van der Waals surface area contributed by atoms with Crippen molar-refractivity contribution < 1.29 is 24.0 Å². The molecule has 2 amide bonds. The van der Waals surface area contributed by atoms with Crippen LogP contribution in [0.4, 0.5) is 10.1 Å². The summed E-state index contributed by atoms with van der Waals surface area (Å²) in [5.41, 5.74) is 1.89. The van der Waals surface area contributed by atoms with Gasteiger partial charge in [0.25, 0.3) is 5.91 Å². The van der Waals surface area contributed by atoms with Crippen LogP contribution in [0.15, 0.2) is 47.6 Å². The predicted molar refractivity (Wildman–Crippen MR) is 93.8 cm³/mol. The van der Waals surface area contributed by atoms with Crippen molar-refractivity contribution in [3.63, 3.8) is 0 Å². The molecule has 0 radical (unpaired) electrons. The van der Waals surface area contributed by atoms with Gasteiger partial charge < -0.3 is 10.4 Å². The van der Waals surface area contributed by atoms with E-state index in [4.69, 9.17) is 0 Å². The van der Waals surface area contributed by atoms with Gasteiger partial charge in [-0.3, -0.25) is 19.7 Å². The summed E-state index contributed by atoms with van der Waals surface area (Å²) in [6.45, 7) is -0.0286. The Morgan fingerprint density at radius 1 is 1.26 bits per heavy atom. The number of nitrogens with one attached hydrogen (secondary N) is 2. The molecular formula is C17H15FN4O5. The lowest BCUT2D eigenvalue weighted by Crippen LogP contribution is -2.29. The van der Waals surface area contributed by atoms with Gasteiger partial charge in [0.15, 0.2) is 5.75 Å². The van der Waals surface area contributed by atoms with E-state index in [2.05, 4.69) is 15.8 Å². The number of phenols is 1. The maximum Gasteiger partial charge on any atom is 0.311 e. The Morgan fingerprint density at radius 3 is 2.70 bits per heavy atom. The molecule has 0 saturated heterocycles. The van der Waals surface area contributed by atoms with Gasteiger partial charge in [0.1, 0.15) is 5.82 Å². The van der Waals surface area contributed by atoms with Gasteiger partial charge in [0.05, 0.1) is 16.7 Å². The molecule has 2 rings (SSSR count). The number of amides is 2. The molecule has 0 bridgehead atoms. The highest BCUT2D eigenvalue weighted by Crippen LogP contribution is 2.25. The molecule has 2 aromatic rings. The molecule has 3 N–H and O–H groups in total. The monoisotopic (exact) mass is 374 g/mol. The first-order valence-electron chi connectivity index (χ1n) is 7.70. The fourth-order valence-corrected chi connectivity index (χ4v) is 2.03. The molecule has 140 valence electrons. The van der Waals surface area contributed by atoms with Gasteiger partial charge in [-0.25, -0.2) is 9.82 Å². The molecule has 0 atom stereocenters. The van der Waals surface area contributed by atoms with Crippen molar-refractivity contribution in [3.05, 3.63) is 69.5 Å². The summed E-state index contributed by atoms with van der Waals surface area (Å²) in [7, 11) is 0. The van der Waals surface area contributed by atoms with Gasteiger partial charge in [-0.05, 0) is 24.3 Å². The molecule has 0 spiro atoms. The number of aromatic hydroxyl groups is 1. The number of nitrogens with zero attached hydrogens (tertiary/aromatic N) is 2. The Balaban J connectivity index is 1.80. The van der Waals surface area contributed by atoms with Crippen LogP contribution in [0.2, 0.25) is 0 Å². The first-order valence-corrected chi connectivity index (χ1v) is 7.70. The van der Waals surface area contributed by atoms with Gasteiger partial charge in [-0.2, -0.15) is 5.10 Å². The summed E-state index contributed by atoms with van der Waals surface area (Å²) in [5, 5.41) is 26.1. The Kier molecular flexibility index (Phi) is 6.53. The van der Waals surface area contributed by atoms with Gasteiger partial charge in [-0.15, -0.1) is 0 Å². The fourth-order valence-electron chi connectivity index (χ4n) is 2.03. The number of halogens is 1. The molecule has 9 nitrogen and oxygen atoms in total. The van der Waals surface area contributed by atoms with Crippen LogP contribution in [0.1, 0.15) is 22.3 Å². The molecule has 0 aromatic heterocycles. The first kappa shape index (κ1) is 19.5. The average molecular weight is 374 g/mol. The van der Waals surface area contributed by atoms with E-state index in [0.717, 1.165) is 18.2 Å². The van der Waals surface area contributed by atoms with Crippen LogP contribution in [-0.4, -0.2) is 34.6 Å². The van der Waals surface area contributed by atoms with Crippen LogP contribution in [0, 0.1) is 15.9 Å². The van der Waals surface area contributed by atoms with Crippen molar-refractivity contribution >= 4 is 23.7 Å². The Labute approximate surface area is 152 Å². The summed E-state index contributed by atoms with van der Waals surface area (Å²) in [5.74, 6) is -2.30. The van der Waals surface area contributed by atoms with Gasteiger partial charge >= 0.3 is 5.69 Å². The zero-order valence-electron chi connectivity index (χ0n) is 13.9. The van der Waals surface area contributed by atoms with Crippen molar-refractivity contribution in [2.75, 3.05) is 6.54 Å². The second kappa shape index (κ2) is 9.04. The Bertz CT molecular complexity index is 901. The van der Waals surface area contributed by atoms with E-state index in [1.165, 1.54) is 30.5 Å². The number of benzene rings is 2. The Hall–Kier alpha value is -3.82. The van der Waals surface area contributed by atoms with E-state index in [1.807, 2.05) is 0 Å². The fraction of sp³-hybridized carbons (Fsp3) is 0.118. The summed E-state index contributed by atoms with van der Waals surface area (Å²) in [6, 6.07) is 9.08. The SMILES string of the molecule is O=C(CCNC(=O)c1ccccc1F)N/N=C/c1ccc(O)c([N+](=O)[O-])c1. The third kappa shape index (κ3) is 5.59. The minimum Gasteiger partial charge on any atom is -0.502 e. The summed E-state index contributed by atoms with van der Waals surface area (Å²) < 4.78 is 13.4. The number of hydrogen-bond donors (Lipinski definition) is 3. The molecule has 0 aliphatic heterocycles. The minimum atomic E-state index is -0.747. The number of hydrazone groups is 1. The van der Waals surface area contributed by atoms with Gasteiger partial charge in [0, 0.05) is 24.6 Å². The smallest absolute Gasteiger partial charge is 0.311 e. The topological polar surface area (TPSA) is 134 Å². The molecule has 0 heterocycles. The highest BCUT2D eigenvalue weighted by atomic mass is 19.1. The zero-order valence-corrected chi connectivity index (χ0v) is 13.9. The summed E-state index contributed by atoms with van der Waals surface area (Å²) >= 11 is 0. The van der Waals surface area contributed by atoms with Crippen LogP contribution in [0.5, 0.6) is 5.75 Å². The average Bonchev–Trinajstić information content (AvgIpc) is 2.63. The zero-order chi connectivity index (χ0) is 19.8. The molecule has 2 aromatic carbocycles. The number of nitro benzene ring substituents is 1. The van der Waals surface area contributed by atoms with Crippen molar-refractivity contribution in [2.24, 2.45) is 5.10 Å². The number of hydrogen-bond acceptors (Lipinski definition) is 6. The van der Waals surface area contributed by atoms with Gasteiger partial charge in [-0.1, -0.05) is 12.1 Å². The predicted octanol–water partition coefficient (Wildman–Crippen LogP) is 1.71. The molecule has 0 aliphatic rings. The van der Waals surface area contributed by atoms with Crippen molar-refractivity contribution in [1.82, 2.24) is 10.7 Å². The maximum absolute atomic E-state index is 13.4. The number of phenolic OH excluding ortho intramolecular Hbond substituents is 1. The number of rotatable bonds is 7. The molecule has 0 unspecified atom stereocenters. The lowest BCUT2D eigenvalue weighted by atomic mass is 10.2. The van der Waals surface area contributed by atoms with Gasteiger partial charge in [0.2, 0.25) is 5.91 Å². The molecule has 27 heavy (non-hydrogen) atoms. The van der Waals surface area contributed by atoms with E-state index < -0.39 is 34.0 Å². The quantitative estimate of drug-likeness (QED) is 0.385. The summed E-state index contributed by atoms with van der Waals surface area (Å²) in [6.07, 6.45) is 1.07. The third-order valence-electron chi connectivity index (χ3n) is 3.36. The van der Waals surface area contributed by atoms with Crippen LogP contribution in [0.25, 0.3) is 0 Å². The third-order valence-corrected chi connectivity index (χ3v) is 3.36. The van der Waals surface area contributed by atoms with Crippen LogP contribution in [0.3, 0.4) is 0 Å². The molecule has 0 aliphatic carbocycles. The van der Waals surface area contributed by atoms with E-state index in [9.17, 15) is 29.2 Å². The second-order valence-electron chi connectivity index (χ2n) is 5.28. The number of carbonyl (C=O) groups excluding carboxylic acids is 2. The van der Waals surface area contributed by atoms with E-state index >= 15 is 0 Å². The standard InChI is InChI=1S/C17H15FN4O5/c18-13-4-2-1-3-12(13)17(25)19-8-7-16(24)21-20-10-11-5-6-15(23)14(9-11)22(26)27/h1-6,9-10,23H,7-8H2,(H,19,25)(H,21,24)/b20-10+. The van der Waals surface area contributed by atoms with E-state index in [0.29, 0.717) is 5.56 Å². The molecular weight excluding hydrogens is 359 g/mol. The van der Waals surface area contributed by atoms with Crippen LogP contribution >= 0.6 is 0 Å². The van der Waals surface area contributed by atoms with Crippen molar-refractivity contribution in [1.29, 1.82) is 0 Å².